The van der Waals surface area contributed by atoms with Gasteiger partial charge in [0.15, 0.2) is 0 Å². The Hall–Kier alpha value is -1.77. The van der Waals surface area contributed by atoms with Crippen LogP contribution < -0.4 is 10.2 Å². The Balaban J connectivity index is 5.13. The van der Waals surface area contributed by atoms with Gasteiger partial charge in [0.05, 0.1) is 33.8 Å². The van der Waals surface area contributed by atoms with E-state index >= 15 is 0 Å². The fourth-order valence-electron chi connectivity index (χ4n) is 9.91. The predicted molar refractivity (Wildman–Crippen MR) is 330 cm³/mol. The summed E-state index contributed by atoms with van der Waals surface area (Å²) >= 11 is 0. The fourth-order valence-corrected chi connectivity index (χ4v) is 10.6. The number of likely N-dealkylation sites (N-methyl/N-ethyl adjacent to an activating group) is 1. The van der Waals surface area contributed by atoms with Gasteiger partial charge < -0.3 is 28.5 Å². The van der Waals surface area contributed by atoms with Crippen molar-refractivity contribution < 1.29 is 37.3 Å². The van der Waals surface area contributed by atoms with Crippen LogP contribution in [0.4, 0.5) is 0 Å². The van der Waals surface area contributed by atoms with Gasteiger partial charge in [0.25, 0.3) is 7.82 Å². The standard InChI is InChI=1S/C67H129N2O7P/c1-7-10-13-16-19-22-25-28-30-31-32-33-34-35-36-37-39-41-44-47-50-53-56-59-66(70)68-64(63-75-77(72,73)74-62-61-69(4,5)6)65(58-55-52-49-46-43-40-27-24-21-18-15-12-9-3)76-67(71)60-57-54-51-48-45-42-38-29-26-23-20-17-14-11-8-2/h19,22,28,30,55,58,64-65H,7-18,20-21,23-27,29,31-54,56-57,59-63H2,1-6H3,(H-,68,70,72,73)/b22-19-,30-28-,58-55-. The molecule has 77 heavy (non-hydrogen) atoms. The number of nitrogens with one attached hydrogen (secondary N) is 1. The summed E-state index contributed by atoms with van der Waals surface area (Å²) < 4.78 is 30.4. The third-order valence-corrected chi connectivity index (χ3v) is 16.0. The van der Waals surface area contributed by atoms with E-state index in [1.54, 1.807) is 0 Å². The molecule has 10 heteroatoms. The van der Waals surface area contributed by atoms with Gasteiger partial charge in [-0.15, -0.1) is 0 Å². The van der Waals surface area contributed by atoms with Crippen LogP contribution in [0.25, 0.3) is 0 Å². The molecule has 0 aliphatic rings. The molecule has 3 atom stereocenters. The summed E-state index contributed by atoms with van der Waals surface area (Å²) in [5.74, 6) is -0.524. The van der Waals surface area contributed by atoms with E-state index in [0.717, 1.165) is 64.2 Å². The molecule has 0 aromatic heterocycles. The third kappa shape index (κ3) is 58.7. The molecule has 1 amide bonds. The van der Waals surface area contributed by atoms with Crippen LogP contribution in [0, 0.1) is 0 Å². The van der Waals surface area contributed by atoms with Gasteiger partial charge in [0.2, 0.25) is 5.91 Å². The molecule has 0 aromatic rings. The summed E-state index contributed by atoms with van der Waals surface area (Å²) in [5.41, 5.74) is 0. The van der Waals surface area contributed by atoms with E-state index in [2.05, 4.69) is 50.4 Å². The number of allylic oxidation sites excluding steroid dienone is 5. The van der Waals surface area contributed by atoms with Crippen molar-refractivity contribution in [2.45, 2.75) is 341 Å². The van der Waals surface area contributed by atoms with Crippen LogP contribution in [0.2, 0.25) is 0 Å². The third-order valence-electron chi connectivity index (χ3n) is 15.1. The van der Waals surface area contributed by atoms with Gasteiger partial charge in [-0.25, -0.2) is 0 Å². The lowest BCUT2D eigenvalue weighted by Crippen LogP contribution is -2.47. The largest absolute Gasteiger partial charge is 0.756 e. The monoisotopic (exact) mass is 1100 g/mol. The molecule has 0 saturated heterocycles. The number of quaternary nitrogens is 1. The van der Waals surface area contributed by atoms with Crippen molar-refractivity contribution in [3.63, 3.8) is 0 Å². The maximum Gasteiger partial charge on any atom is 0.306 e. The molecule has 0 aromatic carbocycles. The maximum atomic E-state index is 13.6. The fraction of sp³-hybridized carbons (Fsp3) is 0.881. The van der Waals surface area contributed by atoms with Crippen LogP contribution in [0.5, 0.6) is 0 Å². The summed E-state index contributed by atoms with van der Waals surface area (Å²) in [7, 11) is 1.20. The van der Waals surface area contributed by atoms with Crippen LogP contribution in [0.3, 0.4) is 0 Å². The number of hydrogen-bond donors (Lipinski definition) is 1. The molecule has 1 N–H and O–H groups in total. The van der Waals surface area contributed by atoms with Crippen LogP contribution in [-0.2, 0) is 27.9 Å². The van der Waals surface area contributed by atoms with Crippen LogP contribution in [-0.4, -0.2) is 69.4 Å². The number of carbonyl (C=O) groups is 2. The Morgan fingerprint density at radius 3 is 1.19 bits per heavy atom. The summed E-state index contributed by atoms with van der Waals surface area (Å²) in [6, 6.07) is -0.884. The van der Waals surface area contributed by atoms with E-state index in [0.29, 0.717) is 17.4 Å². The number of rotatable bonds is 61. The first-order valence-electron chi connectivity index (χ1n) is 33.3. The number of amides is 1. The smallest absolute Gasteiger partial charge is 0.306 e. The topological polar surface area (TPSA) is 114 Å². The first-order chi connectivity index (χ1) is 37.4. The average molecular weight is 1110 g/mol. The number of nitrogens with zero attached hydrogens (tertiary/aromatic N) is 1. The van der Waals surface area contributed by atoms with Crippen molar-refractivity contribution in [1.29, 1.82) is 0 Å². The van der Waals surface area contributed by atoms with Crippen molar-refractivity contribution in [1.82, 2.24) is 5.32 Å². The minimum Gasteiger partial charge on any atom is -0.756 e. The van der Waals surface area contributed by atoms with Gasteiger partial charge in [-0.3, -0.25) is 14.2 Å². The van der Waals surface area contributed by atoms with Crippen LogP contribution in [0.1, 0.15) is 329 Å². The molecule has 0 fully saturated rings. The SMILES string of the molecule is CCCCC/C=C\C/C=C\CCCCCCCCCCCCCCCC(=O)NC(COP(=O)([O-])OCC[N+](C)(C)C)C(/C=C\CCCCCCCCCCCCC)OC(=O)CCCCCCCCCCCCCCCCC. The Morgan fingerprint density at radius 1 is 0.455 bits per heavy atom. The molecule has 454 valence electrons. The molecule has 3 unspecified atom stereocenters. The van der Waals surface area contributed by atoms with Crippen molar-refractivity contribution in [2.75, 3.05) is 40.9 Å². The Kier molecular flexibility index (Phi) is 56.1. The lowest BCUT2D eigenvalue weighted by molar-refractivity contribution is -0.870. The molecule has 0 rings (SSSR count). The number of hydrogen-bond acceptors (Lipinski definition) is 7. The van der Waals surface area contributed by atoms with Crippen LogP contribution in [0.15, 0.2) is 36.5 Å². The van der Waals surface area contributed by atoms with Gasteiger partial charge in [0, 0.05) is 12.8 Å². The molecular weight excluding hydrogens is 976 g/mol. The van der Waals surface area contributed by atoms with Gasteiger partial charge >= 0.3 is 5.97 Å². The highest BCUT2D eigenvalue weighted by atomic mass is 31.2. The highest BCUT2D eigenvalue weighted by molar-refractivity contribution is 7.45. The Morgan fingerprint density at radius 2 is 0.792 bits per heavy atom. The molecule has 9 nitrogen and oxygen atoms in total. The Labute approximate surface area is 478 Å². The van der Waals surface area contributed by atoms with E-state index in [-0.39, 0.29) is 31.5 Å². The van der Waals surface area contributed by atoms with Crippen molar-refractivity contribution in [3.05, 3.63) is 36.5 Å². The van der Waals surface area contributed by atoms with Gasteiger partial charge in [0.1, 0.15) is 19.3 Å². The summed E-state index contributed by atoms with van der Waals surface area (Å²) in [6.45, 7) is 6.87. The molecule has 0 spiro atoms. The number of phosphoric acid groups is 1. The van der Waals surface area contributed by atoms with E-state index in [1.165, 1.54) is 231 Å². The first-order valence-corrected chi connectivity index (χ1v) is 34.8. The minimum absolute atomic E-state index is 0.0195. The van der Waals surface area contributed by atoms with Gasteiger partial charge in [-0.2, -0.15) is 0 Å². The zero-order valence-electron chi connectivity index (χ0n) is 51.9. The maximum absolute atomic E-state index is 13.6. The van der Waals surface area contributed by atoms with Crippen molar-refractivity contribution >= 4 is 19.7 Å². The first kappa shape index (κ1) is 75.2. The van der Waals surface area contributed by atoms with Gasteiger partial charge in [-0.05, 0) is 63.9 Å². The Bertz CT molecular complexity index is 1410. The molecule has 0 radical (unpaired) electrons. The molecule has 0 aliphatic carbocycles. The number of carbonyl (C=O) groups excluding carboxylic acids is 2. The second kappa shape index (κ2) is 57.5. The van der Waals surface area contributed by atoms with Gasteiger partial charge in [-0.1, -0.05) is 289 Å². The van der Waals surface area contributed by atoms with Crippen molar-refractivity contribution in [3.8, 4) is 0 Å². The lowest BCUT2D eigenvalue weighted by Gasteiger charge is -2.30. The highest BCUT2D eigenvalue weighted by Gasteiger charge is 2.27. The molecule has 0 aliphatic heterocycles. The minimum atomic E-state index is -4.70. The second-order valence-electron chi connectivity index (χ2n) is 24.0. The van der Waals surface area contributed by atoms with E-state index in [1.807, 2.05) is 33.3 Å². The number of unbranched alkanes of at least 4 members (excludes halogenated alkanes) is 41. The molecule has 0 heterocycles. The summed E-state index contributed by atoms with van der Waals surface area (Å²) in [4.78, 5) is 40.1. The quantitative estimate of drug-likeness (QED) is 0.0212. The zero-order chi connectivity index (χ0) is 56.4. The number of ether oxygens (including phenoxy) is 1. The summed E-state index contributed by atoms with van der Waals surface area (Å²) in [6.07, 6.45) is 69.6. The normalized spacial score (nSPS) is 13.8. The number of phosphoric ester groups is 1. The second-order valence-corrected chi connectivity index (χ2v) is 25.4. The average Bonchev–Trinajstić information content (AvgIpc) is 3.39. The van der Waals surface area contributed by atoms with E-state index in [4.69, 9.17) is 13.8 Å². The van der Waals surface area contributed by atoms with E-state index in [9.17, 15) is 19.0 Å². The summed E-state index contributed by atoms with van der Waals surface area (Å²) in [5, 5.41) is 3.04. The number of esters is 1. The highest BCUT2D eigenvalue weighted by Crippen LogP contribution is 2.38. The van der Waals surface area contributed by atoms with Crippen molar-refractivity contribution in [2.24, 2.45) is 0 Å². The van der Waals surface area contributed by atoms with E-state index < -0.39 is 20.0 Å². The predicted octanol–water partition coefficient (Wildman–Crippen LogP) is 20.0. The molecular formula is C67H129N2O7P. The molecule has 0 bridgehead atoms. The molecule has 0 saturated carbocycles. The van der Waals surface area contributed by atoms with Crippen LogP contribution >= 0.6 is 7.82 Å². The lowest BCUT2D eigenvalue weighted by atomic mass is 10.0. The zero-order valence-corrected chi connectivity index (χ0v) is 52.8.